The molecule has 0 bridgehead atoms. The lowest BCUT2D eigenvalue weighted by Crippen LogP contribution is -2.38. The first kappa shape index (κ1) is 24.0. The number of pyridine rings is 1. The SMILES string of the molecule is CCOC(C(=O)NCc1ccc(C(=N)NO)cc1Cl)n1cccc(Nc2ccccc2)c1=O. The van der Waals surface area contributed by atoms with E-state index < -0.39 is 17.7 Å². The molecule has 0 fully saturated rings. The van der Waals surface area contributed by atoms with Gasteiger partial charge in [0, 0.05) is 35.6 Å². The minimum Gasteiger partial charge on any atom is -0.351 e. The van der Waals surface area contributed by atoms with Crippen molar-refractivity contribution in [1.82, 2.24) is 15.4 Å². The first-order valence-corrected chi connectivity index (χ1v) is 10.5. The summed E-state index contributed by atoms with van der Waals surface area (Å²) in [6.45, 7) is 2.03. The Balaban J connectivity index is 1.77. The number of rotatable bonds is 9. The van der Waals surface area contributed by atoms with Crippen molar-refractivity contribution in [3.8, 4) is 0 Å². The number of para-hydroxylation sites is 1. The minimum atomic E-state index is -1.18. The van der Waals surface area contributed by atoms with Crippen LogP contribution < -0.4 is 21.7 Å². The van der Waals surface area contributed by atoms with Gasteiger partial charge in [0.1, 0.15) is 11.5 Å². The van der Waals surface area contributed by atoms with E-state index in [1.165, 1.54) is 16.8 Å². The predicted octanol–water partition coefficient (Wildman–Crippen LogP) is 3.40. The van der Waals surface area contributed by atoms with Crippen LogP contribution in [0.3, 0.4) is 0 Å². The van der Waals surface area contributed by atoms with Crippen LogP contribution in [0.5, 0.6) is 0 Å². The average Bonchev–Trinajstić information content (AvgIpc) is 2.83. The molecule has 10 heteroatoms. The summed E-state index contributed by atoms with van der Waals surface area (Å²) in [7, 11) is 0. The van der Waals surface area contributed by atoms with Crippen molar-refractivity contribution < 1.29 is 14.7 Å². The van der Waals surface area contributed by atoms with Crippen LogP contribution in [0.15, 0.2) is 71.7 Å². The van der Waals surface area contributed by atoms with Gasteiger partial charge in [0.05, 0.1) is 0 Å². The molecule has 0 aliphatic rings. The lowest BCUT2D eigenvalue weighted by Gasteiger charge is -2.20. The number of benzene rings is 2. The van der Waals surface area contributed by atoms with Crippen molar-refractivity contribution in [3.63, 3.8) is 0 Å². The first-order valence-electron chi connectivity index (χ1n) is 10.1. The van der Waals surface area contributed by atoms with Crippen LogP contribution >= 0.6 is 11.6 Å². The highest BCUT2D eigenvalue weighted by molar-refractivity contribution is 6.31. The molecule has 0 saturated carbocycles. The van der Waals surface area contributed by atoms with E-state index in [4.69, 9.17) is 27.0 Å². The predicted molar refractivity (Wildman–Crippen MR) is 126 cm³/mol. The summed E-state index contributed by atoms with van der Waals surface area (Å²) in [6.07, 6.45) is 0.318. The topological polar surface area (TPSA) is 128 Å². The molecule has 1 heterocycles. The van der Waals surface area contributed by atoms with Gasteiger partial charge >= 0.3 is 0 Å². The number of amides is 1. The molecule has 0 radical (unpaired) electrons. The molecule has 1 unspecified atom stereocenters. The third-order valence-electron chi connectivity index (χ3n) is 4.74. The van der Waals surface area contributed by atoms with E-state index >= 15 is 0 Å². The number of carbonyl (C=O) groups is 1. The number of ether oxygens (including phenoxy) is 1. The second-order valence-corrected chi connectivity index (χ2v) is 7.35. The van der Waals surface area contributed by atoms with E-state index in [0.717, 1.165) is 5.69 Å². The summed E-state index contributed by atoms with van der Waals surface area (Å²) in [5, 5.41) is 22.5. The van der Waals surface area contributed by atoms with Crippen molar-refractivity contribution in [2.24, 2.45) is 0 Å². The molecule has 5 N–H and O–H groups in total. The lowest BCUT2D eigenvalue weighted by molar-refractivity contribution is -0.139. The van der Waals surface area contributed by atoms with Gasteiger partial charge in [-0.25, -0.2) is 0 Å². The Bertz CT molecular complexity index is 1180. The molecular formula is C23H24ClN5O4. The van der Waals surface area contributed by atoms with Gasteiger partial charge in [-0.15, -0.1) is 0 Å². The highest BCUT2D eigenvalue weighted by atomic mass is 35.5. The Labute approximate surface area is 195 Å². The number of nitrogens with zero attached hydrogens (tertiary/aromatic N) is 1. The Hall–Kier alpha value is -3.66. The van der Waals surface area contributed by atoms with Gasteiger partial charge in [-0.1, -0.05) is 41.9 Å². The Morgan fingerprint density at radius 2 is 1.94 bits per heavy atom. The number of anilines is 2. The number of nitrogens with one attached hydrogen (secondary N) is 4. The maximum atomic E-state index is 13.0. The van der Waals surface area contributed by atoms with Crippen LogP contribution in [0.4, 0.5) is 11.4 Å². The molecule has 0 aliphatic heterocycles. The van der Waals surface area contributed by atoms with Gasteiger partial charge < -0.3 is 15.4 Å². The standard InChI is InChI=1S/C23H24ClN5O4/c1-2-33-23(21(30)26-14-16-11-10-15(13-18(16)24)20(25)28-32)29-12-6-9-19(22(29)31)27-17-7-4-3-5-8-17/h3-13,23,27,32H,2,14H2,1H3,(H2,25,28)(H,26,30). The fraction of sp³-hybridized carbons (Fsp3) is 0.174. The number of halogens is 1. The molecule has 0 spiro atoms. The minimum absolute atomic E-state index is 0.0815. The van der Waals surface area contributed by atoms with E-state index in [0.29, 0.717) is 21.8 Å². The number of hydrogen-bond donors (Lipinski definition) is 5. The highest BCUT2D eigenvalue weighted by Gasteiger charge is 2.23. The Morgan fingerprint density at radius 1 is 1.18 bits per heavy atom. The van der Waals surface area contributed by atoms with Gasteiger partial charge in [-0.3, -0.25) is 30.3 Å². The second kappa shape index (κ2) is 11.3. The molecule has 1 atom stereocenters. The molecule has 1 amide bonds. The van der Waals surface area contributed by atoms with Gasteiger partial charge in [-0.2, -0.15) is 0 Å². The van der Waals surface area contributed by atoms with Crippen molar-refractivity contribution in [1.29, 1.82) is 5.41 Å². The number of carbonyl (C=O) groups excluding carboxylic acids is 1. The summed E-state index contributed by atoms with van der Waals surface area (Å²) in [6, 6.07) is 17.2. The number of aromatic nitrogens is 1. The Morgan fingerprint density at radius 3 is 2.61 bits per heavy atom. The maximum Gasteiger partial charge on any atom is 0.276 e. The zero-order valence-electron chi connectivity index (χ0n) is 17.8. The third kappa shape index (κ3) is 5.98. The summed E-state index contributed by atoms with van der Waals surface area (Å²) < 4.78 is 6.81. The normalized spacial score (nSPS) is 11.5. The van der Waals surface area contributed by atoms with E-state index in [2.05, 4.69) is 10.6 Å². The second-order valence-electron chi connectivity index (χ2n) is 6.94. The molecule has 3 aromatic rings. The average molecular weight is 470 g/mol. The van der Waals surface area contributed by atoms with Crippen LogP contribution in [0, 0.1) is 5.41 Å². The van der Waals surface area contributed by atoms with E-state index in [-0.39, 0.29) is 19.0 Å². The third-order valence-corrected chi connectivity index (χ3v) is 5.09. The summed E-state index contributed by atoms with van der Waals surface area (Å²) >= 11 is 6.24. The molecule has 0 aliphatic carbocycles. The van der Waals surface area contributed by atoms with Crippen molar-refractivity contribution in [2.75, 3.05) is 11.9 Å². The van der Waals surface area contributed by atoms with E-state index in [9.17, 15) is 9.59 Å². The van der Waals surface area contributed by atoms with Crippen molar-refractivity contribution in [3.05, 3.63) is 93.4 Å². The maximum absolute atomic E-state index is 13.0. The van der Waals surface area contributed by atoms with Gasteiger partial charge in [0.25, 0.3) is 11.5 Å². The molecule has 9 nitrogen and oxygen atoms in total. The lowest BCUT2D eigenvalue weighted by atomic mass is 10.1. The molecule has 2 aromatic carbocycles. The van der Waals surface area contributed by atoms with Crippen molar-refractivity contribution in [2.45, 2.75) is 19.7 Å². The van der Waals surface area contributed by atoms with Crippen LogP contribution in [-0.2, 0) is 16.1 Å². The fourth-order valence-electron chi connectivity index (χ4n) is 3.09. The number of hydroxylamine groups is 1. The van der Waals surface area contributed by atoms with Crippen LogP contribution in [0.2, 0.25) is 5.02 Å². The fourth-order valence-corrected chi connectivity index (χ4v) is 3.33. The summed E-state index contributed by atoms with van der Waals surface area (Å²) in [4.78, 5) is 26.0. The molecule has 1 aromatic heterocycles. The smallest absolute Gasteiger partial charge is 0.276 e. The van der Waals surface area contributed by atoms with Crippen LogP contribution in [0.25, 0.3) is 0 Å². The van der Waals surface area contributed by atoms with Crippen LogP contribution in [0.1, 0.15) is 24.3 Å². The zero-order chi connectivity index (χ0) is 23.8. The van der Waals surface area contributed by atoms with Crippen LogP contribution in [-0.4, -0.2) is 28.1 Å². The van der Waals surface area contributed by atoms with Crippen molar-refractivity contribution >= 4 is 34.7 Å². The molecular weight excluding hydrogens is 446 g/mol. The summed E-state index contributed by atoms with van der Waals surface area (Å²) in [5.41, 5.74) is 3.38. The quantitative estimate of drug-likeness (QED) is 0.185. The summed E-state index contributed by atoms with van der Waals surface area (Å²) in [5.74, 6) is -0.715. The zero-order valence-corrected chi connectivity index (χ0v) is 18.6. The molecule has 0 saturated heterocycles. The van der Waals surface area contributed by atoms with E-state index in [1.54, 1.807) is 36.7 Å². The molecule has 172 valence electrons. The monoisotopic (exact) mass is 469 g/mol. The Kier molecular flexibility index (Phi) is 8.20. The number of hydrogen-bond acceptors (Lipinski definition) is 6. The van der Waals surface area contributed by atoms with Gasteiger partial charge in [-0.05, 0) is 42.8 Å². The molecule has 33 heavy (non-hydrogen) atoms. The largest absolute Gasteiger partial charge is 0.351 e. The van der Waals surface area contributed by atoms with E-state index in [1.807, 2.05) is 30.3 Å². The number of amidine groups is 1. The first-order chi connectivity index (χ1) is 15.9. The van der Waals surface area contributed by atoms with Gasteiger partial charge in [0.15, 0.2) is 0 Å². The molecule has 3 rings (SSSR count). The van der Waals surface area contributed by atoms with Gasteiger partial charge in [0.2, 0.25) is 6.23 Å². The highest BCUT2D eigenvalue weighted by Crippen LogP contribution is 2.19.